The molecule has 2 aliphatic heterocycles. The minimum atomic E-state index is 0. The maximum atomic E-state index is 5.57. The Morgan fingerprint density at radius 2 is 1.88 bits per heavy atom. The molecular formula is C17H27BrCl2N2O2. The first-order chi connectivity index (χ1) is 10.8. The Morgan fingerprint density at radius 1 is 1.21 bits per heavy atom. The first kappa shape index (κ1) is 22.0. The quantitative estimate of drug-likeness (QED) is 0.772. The summed E-state index contributed by atoms with van der Waals surface area (Å²) in [6.07, 6.45) is 2.30. The van der Waals surface area contributed by atoms with E-state index in [0.717, 1.165) is 62.5 Å². The smallest absolute Gasteiger partial charge is 0.133 e. The van der Waals surface area contributed by atoms with Gasteiger partial charge in [0.25, 0.3) is 0 Å². The van der Waals surface area contributed by atoms with E-state index < -0.39 is 0 Å². The summed E-state index contributed by atoms with van der Waals surface area (Å²) in [5, 5.41) is 3.46. The lowest BCUT2D eigenvalue weighted by Gasteiger charge is -2.41. The maximum absolute atomic E-state index is 5.57. The second-order valence-electron chi connectivity index (χ2n) is 6.07. The molecule has 0 amide bonds. The third-order valence-electron chi connectivity index (χ3n) is 4.77. The number of benzene rings is 1. The van der Waals surface area contributed by atoms with E-state index in [0.29, 0.717) is 12.0 Å². The summed E-state index contributed by atoms with van der Waals surface area (Å²) in [5.41, 5.74) is 1.39. The molecule has 0 bridgehead atoms. The standard InChI is InChI=1S/C17H25BrN2O2.2ClH/c1-21-16-3-2-14(12-15(16)18)17(13-4-10-22-11-5-13)20-8-6-19-7-9-20;;/h2-3,12-13,17,19H,4-11H2,1H3;2*1H/t17-;;/m1../s1. The molecule has 138 valence electrons. The normalized spacial score (nSPS) is 20.6. The van der Waals surface area contributed by atoms with E-state index in [4.69, 9.17) is 9.47 Å². The van der Waals surface area contributed by atoms with Crippen molar-refractivity contribution < 1.29 is 9.47 Å². The molecule has 2 saturated heterocycles. The number of nitrogens with one attached hydrogen (secondary N) is 1. The van der Waals surface area contributed by atoms with Crippen LogP contribution in [0.15, 0.2) is 22.7 Å². The van der Waals surface area contributed by atoms with Crippen LogP contribution in [0.3, 0.4) is 0 Å². The number of halogens is 3. The molecule has 1 aromatic rings. The predicted octanol–water partition coefficient (Wildman–Crippen LogP) is 3.67. The highest BCUT2D eigenvalue weighted by molar-refractivity contribution is 9.10. The van der Waals surface area contributed by atoms with Gasteiger partial charge in [0, 0.05) is 45.4 Å². The summed E-state index contributed by atoms with van der Waals surface area (Å²) >= 11 is 3.64. The SMILES string of the molecule is COc1ccc([C@@H](C2CCOCC2)N2CCNCC2)cc1Br.Cl.Cl. The van der Waals surface area contributed by atoms with Gasteiger partial charge >= 0.3 is 0 Å². The van der Waals surface area contributed by atoms with Gasteiger partial charge in [-0.2, -0.15) is 0 Å². The maximum Gasteiger partial charge on any atom is 0.133 e. The van der Waals surface area contributed by atoms with Crippen LogP contribution >= 0.6 is 40.7 Å². The molecule has 1 aromatic carbocycles. The lowest BCUT2D eigenvalue weighted by molar-refractivity contribution is 0.0213. The van der Waals surface area contributed by atoms with Crippen LogP contribution in [0.1, 0.15) is 24.4 Å². The van der Waals surface area contributed by atoms with Crippen LogP contribution in [0.5, 0.6) is 5.75 Å². The van der Waals surface area contributed by atoms with E-state index in [2.05, 4.69) is 44.3 Å². The molecule has 2 aliphatic rings. The number of hydrogen-bond acceptors (Lipinski definition) is 4. The van der Waals surface area contributed by atoms with E-state index >= 15 is 0 Å². The van der Waals surface area contributed by atoms with Crippen molar-refractivity contribution in [2.45, 2.75) is 18.9 Å². The summed E-state index contributed by atoms with van der Waals surface area (Å²) in [6, 6.07) is 7.02. The highest BCUT2D eigenvalue weighted by atomic mass is 79.9. The minimum absolute atomic E-state index is 0. The highest BCUT2D eigenvalue weighted by Crippen LogP contribution is 2.38. The molecule has 0 aliphatic carbocycles. The van der Waals surface area contributed by atoms with Crippen molar-refractivity contribution in [1.82, 2.24) is 10.2 Å². The van der Waals surface area contributed by atoms with E-state index in [1.807, 2.05) is 0 Å². The molecule has 0 spiro atoms. The van der Waals surface area contributed by atoms with Gasteiger partial charge in [0.05, 0.1) is 11.6 Å². The van der Waals surface area contributed by atoms with Gasteiger partial charge in [-0.25, -0.2) is 0 Å². The largest absolute Gasteiger partial charge is 0.496 e. The molecule has 0 saturated carbocycles. The Labute approximate surface area is 165 Å². The Bertz CT molecular complexity index is 477. The Morgan fingerprint density at radius 3 is 2.46 bits per heavy atom. The van der Waals surface area contributed by atoms with Crippen LogP contribution in [0.2, 0.25) is 0 Å². The zero-order valence-electron chi connectivity index (χ0n) is 14.0. The van der Waals surface area contributed by atoms with Crippen molar-refractivity contribution in [3.63, 3.8) is 0 Å². The van der Waals surface area contributed by atoms with E-state index in [1.165, 1.54) is 5.56 Å². The van der Waals surface area contributed by atoms with Gasteiger partial charge in [-0.3, -0.25) is 4.90 Å². The zero-order valence-corrected chi connectivity index (χ0v) is 17.2. The molecule has 4 nitrogen and oxygen atoms in total. The number of hydrogen-bond donors (Lipinski definition) is 1. The average Bonchev–Trinajstić information content (AvgIpc) is 2.57. The molecule has 3 rings (SSSR count). The Balaban J connectivity index is 0.00000144. The molecule has 2 heterocycles. The highest BCUT2D eigenvalue weighted by Gasteiger charge is 2.31. The summed E-state index contributed by atoms with van der Waals surface area (Å²) < 4.78 is 12.0. The first-order valence-electron chi connectivity index (χ1n) is 8.15. The topological polar surface area (TPSA) is 33.7 Å². The molecule has 0 aromatic heterocycles. The third-order valence-corrected chi connectivity index (χ3v) is 5.39. The summed E-state index contributed by atoms with van der Waals surface area (Å²) in [7, 11) is 1.71. The zero-order chi connectivity index (χ0) is 15.4. The van der Waals surface area contributed by atoms with Crippen LogP contribution in [0.4, 0.5) is 0 Å². The van der Waals surface area contributed by atoms with Gasteiger partial charge in [-0.05, 0) is 52.4 Å². The molecule has 0 radical (unpaired) electrons. The predicted molar refractivity (Wildman–Crippen MR) is 106 cm³/mol. The molecule has 2 fully saturated rings. The lowest BCUT2D eigenvalue weighted by atomic mass is 9.85. The van der Waals surface area contributed by atoms with Crippen LogP contribution in [0, 0.1) is 5.92 Å². The van der Waals surface area contributed by atoms with Gasteiger partial charge in [0.15, 0.2) is 0 Å². The molecule has 1 N–H and O–H groups in total. The van der Waals surface area contributed by atoms with Gasteiger partial charge in [-0.1, -0.05) is 6.07 Å². The molecule has 7 heteroatoms. The van der Waals surface area contributed by atoms with Crippen LogP contribution in [-0.2, 0) is 4.74 Å². The van der Waals surface area contributed by atoms with Crippen LogP contribution in [0.25, 0.3) is 0 Å². The van der Waals surface area contributed by atoms with Crippen LogP contribution < -0.4 is 10.1 Å². The minimum Gasteiger partial charge on any atom is -0.496 e. The summed E-state index contributed by atoms with van der Waals surface area (Å²) in [5.74, 6) is 1.57. The monoisotopic (exact) mass is 440 g/mol. The lowest BCUT2D eigenvalue weighted by Crippen LogP contribution is -2.47. The van der Waals surface area contributed by atoms with Crippen molar-refractivity contribution in [1.29, 1.82) is 0 Å². The van der Waals surface area contributed by atoms with E-state index in [-0.39, 0.29) is 24.8 Å². The fourth-order valence-electron chi connectivity index (χ4n) is 3.64. The summed E-state index contributed by atoms with van der Waals surface area (Å²) in [4.78, 5) is 2.64. The fourth-order valence-corrected chi connectivity index (χ4v) is 4.20. The number of rotatable bonds is 4. The van der Waals surface area contributed by atoms with Crippen molar-refractivity contribution in [2.75, 3.05) is 46.5 Å². The first-order valence-corrected chi connectivity index (χ1v) is 8.95. The van der Waals surface area contributed by atoms with Crippen molar-refractivity contribution >= 4 is 40.7 Å². The van der Waals surface area contributed by atoms with Gasteiger partial charge < -0.3 is 14.8 Å². The number of ether oxygens (including phenoxy) is 2. The Kier molecular flexibility index (Phi) is 9.94. The van der Waals surface area contributed by atoms with Gasteiger partial charge in [0.1, 0.15) is 5.75 Å². The van der Waals surface area contributed by atoms with Crippen molar-refractivity contribution in [3.05, 3.63) is 28.2 Å². The number of nitrogens with zero attached hydrogens (tertiary/aromatic N) is 1. The second-order valence-corrected chi connectivity index (χ2v) is 6.93. The number of methoxy groups -OCH3 is 1. The molecule has 0 unspecified atom stereocenters. The molecular weight excluding hydrogens is 415 g/mol. The molecule has 1 atom stereocenters. The number of piperazine rings is 1. The second kappa shape index (κ2) is 10.8. The van der Waals surface area contributed by atoms with E-state index in [1.54, 1.807) is 7.11 Å². The average molecular weight is 442 g/mol. The Hall–Kier alpha value is -0.0400. The van der Waals surface area contributed by atoms with Gasteiger partial charge in [0.2, 0.25) is 0 Å². The third kappa shape index (κ3) is 5.23. The van der Waals surface area contributed by atoms with Crippen molar-refractivity contribution in [3.8, 4) is 5.75 Å². The fraction of sp³-hybridized carbons (Fsp3) is 0.647. The van der Waals surface area contributed by atoms with Crippen molar-refractivity contribution in [2.24, 2.45) is 5.92 Å². The van der Waals surface area contributed by atoms with Crippen LogP contribution in [-0.4, -0.2) is 51.4 Å². The van der Waals surface area contributed by atoms with Gasteiger partial charge in [-0.15, -0.1) is 24.8 Å². The summed E-state index contributed by atoms with van der Waals surface area (Å²) in [6.45, 7) is 6.18. The molecule has 24 heavy (non-hydrogen) atoms. The van der Waals surface area contributed by atoms with E-state index in [9.17, 15) is 0 Å².